The smallest absolute Gasteiger partial charge is 0.244 e. The van der Waals surface area contributed by atoms with Crippen LogP contribution in [-0.4, -0.2) is 58.8 Å². The molecule has 3 rings (SSSR count). The van der Waals surface area contributed by atoms with Crippen molar-refractivity contribution >= 4 is 22.4 Å². The van der Waals surface area contributed by atoms with Gasteiger partial charge in [-0.15, -0.1) is 0 Å². The average Bonchev–Trinajstić information content (AvgIpc) is 3.24. The van der Waals surface area contributed by atoms with E-state index < -0.39 is 0 Å². The van der Waals surface area contributed by atoms with Crippen LogP contribution in [0, 0.1) is 6.92 Å². The van der Waals surface area contributed by atoms with E-state index in [1.807, 2.05) is 64.0 Å². The van der Waals surface area contributed by atoms with Gasteiger partial charge in [0, 0.05) is 46.8 Å². The van der Waals surface area contributed by atoms with E-state index in [-0.39, 0.29) is 5.91 Å². The topological polar surface area (TPSA) is 73.2 Å². The van der Waals surface area contributed by atoms with Gasteiger partial charge in [0.05, 0.1) is 27.1 Å². The summed E-state index contributed by atoms with van der Waals surface area (Å²) in [7, 11) is 7.21. The highest BCUT2D eigenvalue weighted by molar-refractivity contribution is 6.02. The molecule has 34 heavy (non-hydrogen) atoms. The van der Waals surface area contributed by atoms with Gasteiger partial charge in [0.1, 0.15) is 22.8 Å². The number of rotatable bonds is 10. The van der Waals surface area contributed by atoms with Crippen molar-refractivity contribution in [3.05, 3.63) is 47.7 Å². The summed E-state index contributed by atoms with van der Waals surface area (Å²) in [6.45, 7) is 7.67. The number of nitrogens with zero attached hydrogens (tertiary/aromatic N) is 1. The van der Waals surface area contributed by atoms with Crippen molar-refractivity contribution in [2.75, 3.05) is 48.0 Å². The second kappa shape index (κ2) is 11.1. The van der Waals surface area contributed by atoms with Crippen molar-refractivity contribution in [1.29, 1.82) is 0 Å². The molecule has 2 aromatic carbocycles. The average molecular weight is 467 g/mol. The predicted molar refractivity (Wildman–Crippen MR) is 136 cm³/mol. The lowest BCUT2D eigenvalue weighted by molar-refractivity contribution is -0.116. The van der Waals surface area contributed by atoms with Gasteiger partial charge in [0.15, 0.2) is 0 Å². The minimum Gasteiger partial charge on any atom is -0.497 e. The molecule has 0 saturated carbocycles. The molecular formula is C27H34N2O5. The summed E-state index contributed by atoms with van der Waals surface area (Å²) in [5.74, 6) is 2.01. The summed E-state index contributed by atoms with van der Waals surface area (Å²) in [6.07, 6.45) is 3.34. The zero-order valence-electron chi connectivity index (χ0n) is 21.1. The van der Waals surface area contributed by atoms with Crippen molar-refractivity contribution in [2.45, 2.75) is 20.8 Å². The molecule has 0 unspecified atom stereocenters. The van der Waals surface area contributed by atoms with Gasteiger partial charge in [-0.25, -0.2) is 0 Å². The van der Waals surface area contributed by atoms with Crippen LogP contribution >= 0.6 is 0 Å². The largest absolute Gasteiger partial charge is 0.497 e. The lowest BCUT2D eigenvalue weighted by Gasteiger charge is -2.15. The number of furan rings is 1. The third-order valence-electron chi connectivity index (χ3n) is 5.66. The van der Waals surface area contributed by atoms with Crippen molar-refractivity contribution < 1.29 is 23.4 Å². The summed E-state index contributed by atoms with van der Waals surface area (Å²) < 4.78 is 23.0. The van der Waals surface area contributed by atoms with E-state index in [1.165, 1.54) is 0 Å². The Bertz CT molecular complexity index is 1190. The number of likely N-dealkylation sites (N-methyl/N-ethyl adjacent to an activating group) is 1. The zero-order chi connectivity index (χ0) is 24.8. The Kier molecular flexibility index (Phi) is 8.23. The van der Waals surface area contributed by atoms with Crippen LogP contribution in [-0.2, 0) is 4.79 Å². The maximum atomic E-state index is 12.5. The summed E-state index contributed by atoms with van der Waals surface area (Å²) in [6, 6.07) is 7.67. The van der Waals surface area contributed by atoms with Crippen LogP contribution in [0.25, 0.3) is 27.7 Å². The lowest BCUT2D eigenvalue weighted by atomic mass is 9.96. The molecule has 0 aliphatic heterocycles. The fraction of sp³-hybridized carbons (Fsp3) is 0.370. The highest BCUT2D eigenvalue weighted by Crippen LogP contribution is 2.43. The van der Waals surface area contributed by atoms with Crippen molar-refractivity contribution in [3.8, 4) is 28.4 Å². The molecule has 7 nitrogen and oxygen atoms in total. The van der Waals surface area contributed by atoms with Gasteiger partial charge in [0.2, 0.25) is 5.91 Å². The Balaban J connectivity index is 2.13. The number of amides is 1. The molecule has 0 spiro atoms. The molecule has 0 radical (unpaired) electrons. The van der Waals surface area contributed by atoms with Crippen LogP contribution in [0.1, 0.15) is 25.0 Å². The van der Waals surface area contributed by atoms with Gasteiger partial charge >= 0.3 is 0 Å². The first-order valence-electron chi connectivity index (χ1n) is 11.3. The van der Waals surface area contributed by atoms with Crippen LogP contribution in [0.2, 0.25) is 0 Å². The Morgan fingerprint density at radius 3 is 2.56 bits per heavy atom. The molecule has 0 bridgehead atoms. The molecule has 0 saturated heterocycles. The van der Waals surface area contributed by atoms with Gasteiger partial charge in [-0.05, 0) is 64.7 Å². The Labute approximate surface area is 201 Å². The van der Waals surface area contributed by atoms with E-state index in [2.05, 4.69) is 5.32 Å². The molecule has 1 amide bonds. The first kappa shape index (κ1) is 25.2. The van der Waals surface area contributed by atoms with Crippen LogP contribution in [0.3, 0.4) is 0 Å². The molecule has 0 aliphatic carbocycles. The number of ether oxygens (including phenoxy) is 3. The number of hydrogen-bond acceptors (Lipinski definition) is 6. The number of nitrogens with one attached hydrogen (secondary N) is 1. The normalized spacial score (nSPS) is 11.7. The molecule has 0 atom stereocenters. The standard InChI is InChI=1S/C27H34N2O5/c1-8-33-26-18(3)27-22(15-20(26)17(2)13-25(30)28-11-12-29(4)5)23(16-34-27)21-14-19(31-6)9-10-24(21)32-7/h9-10,13-16H,8,11-12H2,1-7H3,(H,28,30)/b17-13+. The van der Waals surface area contributed by atoms with E-state index in [0.717, 1.165) is 51.1 Å². The van der Waals surface area contributed by atoms with E-state index in [0.29, 0.717) is 24.7 Å². The van der Waals surface area contributed by atoms with E-state index in [1.54, 1.807) is 26.6 Å². The fourth-order valence-corrected chi connectivity index (χ4v) is 3.90. The van der Waals surface area contributed by atoms with E-state index >= 15 is 0 Å². The fourth-order valence-electron chi connectivity index (χ4n) is 3.90. The molecular weight excluding hydrogens is 432 g/mol. The lowest BCUT2D eigenvalue weighted by Crippen LogP contribution is -2.30. The molecule has 1 aromatic heterocycles. The van der Waals surface area contributed by atoms with Crippen molar-refractivity contribution in [1.82, 2.24) is 10.2 Å². The first-order chi connectivity index (χ1) is 16.3. The van der Waals surface area contributed by atoms with Gasteiger partial charge in [-0.1, -0.05) is 0 Å². The minimum absolute atomic E-state index is 0.138. The van der Waals surface area contributed by atoms with E-state index in [4.69, 9.17) is 18.6 Å². The van der Waals surface area contributed by atoms with Gasteiger partial charge < -0.3 is 28.8 Å². The SMILES string of the molecule is CCOc1c(/C(C)=C/C(=O)NCCN(C)C)cc2c(-c3cc(OC)ccc3OC)coc2c1C. The second-order valence-electron chi connectivity index (χ2n) is 8.33. The number of aryl methyl sites for hydroxylation is 1. The van der Waals surface area contributed by atoms with Crippen LogP contribution in [0.4, 0.5) is 0 Å². The van der Waals surface area contributed by atoms with Gasteiger partial charge in [0.25, 0.3) is 0 Å². The highest BCUT2D eigenvalue weighted by atomic mass is 16.5. The van der Waals surface area contributed by atoms with Crippen LogP contribution < -0.4 is 19.5 Å². The number of allylic oxidation sites excluding steroid dienone is 1. The predicted octanol–water partition coefficient (Wildman–Crippen LogP) is 4.91. The molecule has 3 aromatic rings. The molecule has 182 valence electrons. The molecule has 7 heteroatoms. The van der Waals surface area contributed by atoms with E-state index in [9.17, 15) is 4.79 Å². The molecule has 0 fully saturated rings. The Morgan fingerprint density at radius 1 is 1.15 bits per heavy atom. The third kappa shape index (κ3) is 5.37. The highest BCUT2D eigenvalue weighted by Gasteiger charge is 2.21. The quantitative estimate of drug-likeness (QED) is 0.428. The zero-order valence-corrected chi connectivity index (χ0v) is 21.1. The maximum absolute atomic E-state index is 12.5. The summed E-state index contributed by atoms with van der Waals surface area (Å²) in [5, 5.41) is 3.84. The second-order valence-corrected chi connectivity index (χ2v) is 8.33. The van der Waals surface area contributed by atoms with Crippen molar-refractivity contribution in [2.24, 2.45) is 0 Å². The van der Waals surface area contributed by atoms with Crippen LogP contribution in [0.5, 0.6) is 17.2 Å². The molecule has 1 N–H and O–H groups in total. The van der Waals surface area contributed by atoms with Gasteiger partial charge in [-0.3, -0.25) is 4.79 Å². The number of hydrogen-bond donors (Lipinski definition) is 1. The summed E-state index contributed by atoms with van der Waals surface area (Å²) in [4.78, 5) is 14.5. The monoisotopic (exact) mass is 466 g/mol. The minimum atomic E-state index is -0.138. The Morgan fingerprint density at radius 2 is 1.91 bits per heavy atom. The van der Waals surface area contributed by atoms with Crippen LogP contribution in [0.15, 0.2) is 41.0 Å². The molecule has 0 aliphatic rings. The number of fused-ring (bicyclic) bond motifs is 1. The molecule has 1 heterocycles. The maximum Gasteiger partial charge on any atom is 0.244 e. The van der Waals surface area contributed by atoms with Gasteiger partial charge in [-0.2, -0.15) is 0 Å². The van der Waals surface area contributed by atoms with Crippen molar-refractivity contribution in [3.63, 3.8) is 0 Å². The summed E-state index contributed by atoms with van der Waals surface area (Å²) in [5.41, 5.74) is 5.00. The number of benzene rings is 2. The first-order valence-corrected chi connectivity index (χ1v) is 11.3. The number of carbonyl (C=O) groups is 1. The third-order valence-corrected chi connectivity index (χ3v) is 5.66. The number of methoxy groups -OCH3 is 2. The Hall–Kier alpha value is -3.45. The number of carbonyl (C=O) groups excluding carboxylic acids is 1. The summed E-state index contributed by atoms with van der Waals surface area (Å²) >= 11 is 0.